The summed E-state index contributed by atoms with van der Waals surface area (Å²) in [5.74, 6) is -0.167. The molecule has 1 saturated heterocycles. The molecule has 2 unspecified atom stereocenters. The number of rotatable bonds is 3. The highest BCUT2D eigenvalue weighted by molar-refractivity contribution is 5.85. The SMILES string of the molecule is CC1CC(NC(=O)Cn2nc3ccccn3c2=O)CCN1.Cl. The molecular formula is C14H20ClN5O2. The summed E-state index contributed by atoms with van der Waals surface area (Å²) in [5.41, 5.74) is 0.255. The molecule has 0 aliphatic carbocycles. The van der Waals surface area contributed by atoms with Gasteiger partial charge in [-0.1, -0.05) is 6.07 Å². The summed E-state index contributed by atoms with van der Waals surface area (Å²) in [7, 11) is 0. The first kappa shape index (κ1) is 16.5. The lowest BCUT2D eigenvalue weighted by molar-refractivity contribution is -0.122. The number of carbonyl (C=O) groups is 1. The minimum atomic E-state index is -0.292. The highest BCUT2D eigenvalue weighted by atomic mass is 35.5. The van der Waals surface area contributed by atoms with Crippen LogP contribution in [0.4, 0.5) is 0 Å². The van der Waals surface area contributed by atoms with E-state index in [0.29, 0.717) is 11.7 Å². The van der Waals surface area contributed by atoms with Crippen LogP contribution in [-0.2, 0) is 11.3 Å². The number of pyridine rings is 1. The van der Waals surface area contributed by atoms with Crippen molar-refractivity contribution in [1.29, 1.82) is 0 Å². The van der Waals surface area contributed by atoms with Gasteiger partial charge >= 0.3 is 5.69 Å². The lowest BCUT2D eigenvalue weighted by atomic mass is 10.0. The number of fused-ring (bicyclic) bond motifs is 1. The van der Waals surface area contributed by atoms with Gasteiger partial charge in [0.15, 0.2) is 5.65 Å². The normalized spacial score (nSPS) is 21.3. The number of hydrogen-bond acceptors (Lipinski definition) is 4. The van der Waals surface area contributed by atoms with Crippen LogP contribution in [0.15, 0.2) is 29.2 Å². The van der Waals surface area contributed by atoms with E-state index in [2.05, 4.69) is 22.7 Å². The summed E-state index contributed by atoms with van der Waals surface area (Å²) >= 11 is 0. The van der Waals surface area contributed by atoms with Crippen molar-refractivity contribution in [1.82, 2.24) is 24.8 Å². The van der Waals surface area contributed by atoms with Crippen LogP contribution in [0.2, 0.25) is 0 Å². The number of piperidine rings is 1. The first-order valence-electron chi connectivity index (χ1n) is 7.20. The zero-order chi connectivity index (χ0) is 14.8. The summed E-state index contributed by atoms with van der Waals surface area (Å²) in [4.78, 5) is 24.2. The number of nitrogens with one attached hydrogen (secondary N) is 2. The van der Waals surface area contributed by atoms with Crippen LogP contribution in [0.3, 0.4) is 0 Å². The maximum atomic E-state index is 12.1. The van der Waals surface area contributed by atoms with E-state index in [1.54, 1.807) is 18.3 Å². The zero-order valence-corrected chi connectivity index (χ0v) is 13.2. The van der Waals surface area contributed by atoms with E-state index in [0.717, 1.165) is 19.4 Å². The molecule has 3 rings (SSSR count). The van der Waals surface area contributed by atoms with E-state index in [4.69, 9.17) is 0 Å². The van der Waals surface area contributed by atoms with Crippen LogP contribution in [-0.4, -0.2) is 38.7 Å². The Hall–Kier alpha value is -1.86. The van der Waals surface area contributed by atoms with Crippen molar-refractivity contribution in [2.45, 2.75) is 38.4 Å². The molecule has 1 amide bonds. The fraction of sp³-hybridized carbons (Fsp3) is 0.500. The van der Waals surface area contributed by atoms with Crippen molar-refractivity contribution in [3.05, 3.63) is 34.9 Å². The highest BCUT2D eigenvalue weighted by Crippen LogP contribution is 2.07. The average molecular weight is 326 g/mol. The van der Waals surface area contributed by atoms with Gasteiger partial charge in [-0.25, -0.2) is 9.48 Å². The average Bonchev–Trinajstić information content (AvgIpc) is 2.76. The molecule has 0 spiro atoms. The predicted molar refractivity (Wildman–Crippen MR) is 85.3 cm³/mol. The van der Waals surface area contributed by atoms with E-state index < -0.39 is 0 Å². The summed E-state index contributed by atoms with van der Waals surface area (Å²) in [6.07, 6.45) is 3.47. The second-order valence-electron chi connectivity index (χ2n) is 5.51. The van der Waals surface area contributed by atoms with E-state index in [9.17, 15) is 9.59 Å². The second-order valence-corrected chi connectivity index (χ2v) is 5.51. The Morgan fingerprint density at radius 3 is 3.05 bits per heavy atom. The van der Waals surface area contributed by atoms with Gasteiger partial charge in [0.2, 0.25) is 5.91 Å². The Morgan fingerprint density at radius 2 is 2.32 bits per heavy atom. The number of amides is 1. The number of halogens is 1. The van der Waals surface area contributed by atoms with Gasteiger partial charge in [-0.05, 0) is 38.4 Å². The van der Waals surface area contributed by atoms with E-state index >= 15 is 0 Å². The molecule has 1 fully saturated rings. The molecule has 2 aromatic rings. The quantitative estimate of drug-likeness (QED) is 0.843. The van der Waals surface area contributed by atoms with Crippen LogP contribution in [0, 0.1) is 0 Å². The monoisotopic (exact) mass is 325 g/mol. The Morgan fingerprint density at radius 1 is 1.50 bits per heavy atom. The molecule has 2 atom stereocenters. The molecular weight excluding hydrogens is 306 g/mol. The van der Waals surface area contributed by atoms with Crippen molar-refractivity contribution in [3.8, 4) is 0 Å². The van der Waals surface area contributed by atoms with Crippen molar-refractivity contribution in [3.63, 3.8) is 0 Å². The minimum absolute atomic E-state index is 0. The molecule has 0 bridgehead atoms. The molecule has 8 heteroatoms. The fourth-order valence-electron chi connectivity index (χ4n) is 2.74. The van der Waals surface area contributed by atoms with Crippen molar-refractivity contribution >= 4 is 24.0 Å². The van der Waals surface area contributed by atoms with Crippen LogP contribution in [0.5, 0.6) is 0 Å². The van der Waals surface area contributed by atoms with Gasteiger partial charge in [-0.15, -0.1) is 17.5 Å². The van der Waals surface area contributed by atoms with E-state index in [1.807, 2.05) is 6.07 Å². The number of carbonyl (C=O) groups excluding carboxylic acids is 1. The maximum absolute atomic E-state index is 12.1. The van der Waals surface area contributed by atoms with Crippen molar-refractivity contribution in [2.75, 3.05) is 6.54 Å². The van der Waals surface area contributed by atoms with Crippen LogP contribution >= 0.6 is 12.4 Å². The van der Waals surface area contributed by atoms with E-state index in [-0.39, 0.29) is 36.6 Å². The van der Waals surface area contributed by atoms with Gasteiger partial charge in [0.1, 0.15) is 6.54 Å². The van der Waals surface area contributed by atoms with Gasteiger partial charge in [0, 0.05) is 18.3 Å². The molecule has 7 nitrogen and oxygen atoms in total. The topological polar surface area (TPSA) is 80.4 Å². The Kier molecular flexibility index (Phi) is 5.20. The zero-order valence-electron chi connectivity index (χ0n) is 12.4. The lowest BCUT2D eigenvalue weighted by Gasteiger charge is -2.28. The number of hydrogen-bond donors (Lipinski definition) is 2. The molecule has 120 valence electrons. The molecule has 0 aromatic carbocycles. The fourth-order valence-corrected chi connectivity index (χ4v) is 2.74. The molecule has 2 N–H and O–H groups in total. The van der Waals surface area contributed by atoms with Gasteiger partial charge in [-0.3, -0.25) is 9.20 Å². The largest absolute Gasteiger partial charge is 0.352 e. The summed E-state index contributed by atoms with van der Waals surface area (Å²) in [6, 6.07) is 5.88. The van der Waals surface area contributed by atoms with Crippen molar-refractivity contribution < 1.29 is 4.79 Å². The first-order chi connectivity index (χ1) is 10.1. The highest BCUT2D eigenvalue weighted by Gasteiger charge is 2.20. The van der Waals surface area contributed by atoms with Crippen LogP contribution in [0.1, 0.15) is 19.8 Å². The second kappa shape index (κ2) is 6.93. The number of aromatic nitrogens is 3. The molecule has 1 aliphatic heterocycles. The molecule has 2 aromatic heterocycles. The van der Waals surface area contributed by atoms with Crippen molar-refractivity contribution in [2.24, 2.45) is 0 Å². The van der Waals surface area contributed by atoms with Gasteiger partial charge in [0.05, 0.1) is 0 Å². The minimum Gasteiger partial charge on any atom is -0.352 e. The smallest absolute Gasteiger partial charge is 0.350 e. The third-order valence-electron chi connectivity index (χ3n) is 3.77. The summed E-state index contributed by atoms with van der Waals surface area (Å²) in [6.45, 7) is 2.96. The Labute approximate surface area is 134 Å². The molecule has 0 saturated carbocycles. The standard InChI is InChI=1S/C14H19N5O2.ClH/c1-10-8-11(5-6-15-10)16-13(20)9-19-14(21)18-7-3-2-4-12(18)17-19;/h2-4,7,10-11,15H,5-6,8-9H2,1H3,(H,16,20);1H. The lowest BCUT2D eigenvalue weighted by Crippen LogP contribution is -2.47. The van der Waals surface area contributed by atoms with Gasteiger partial charge < -0.3 is 10.6 Å². The number of nitrogens with zero attached hydrogens (tertiary/aromatic N) is 3. The Balaban J connectivity index is 0.00000176. The first-order valence-corrected chi connectivity index (χ1v) is 7.20. The van der Waals surface area contributed by atoms with Crippen LogP contribution < -0.4 is 16.3 Å². The third-order valence-corrected chi connectivity index (χ3v) is 3.77. The summed E-state index contributed by atoms with van der Waals surface area (Å²) in [5, 5.41) is 10.5. The molecule has 3 heterocycles. The summed E-state index contributed by atoms with van der Waals surface area (Å²) < 4.78 is 2.63. The van der Waals surface area contributed by atoms with E-state index in [1.165, 1.54) is 9.08 Å². The Bertz CT molecular complexity index is 711. The molecule has 0 radical (unpaired) electrons. The third kappa shape index (κ3) is 3.48. The maximum Gasteiger partial charge on any atom is 0.350 e. The molecule has 1 aliphatic rings. The molecule has 22 heavy (non-hydrogen) atoms. The van der Waals surface area contributed by atoms with Gasteiger partial charge in [0.25, 0.3) is 0 Å². The van der Waals surface area contributed by atoms with Crippen LogP contribution in [0.25, 0.3) is 5.65 Å². The predicted octanol–water partition coefficient (Wildman–Crippen LogP) is 0.174. The van der Waals surface area contributed by atoms with Gasteiger partial charge in [-0.2, -0.15) is 0 Å².